The molecular weight excluding hydrogens is 484 g/mol. The monoisotopic (exact) mass is 512 g/mol. The normalized spacial score (nSPS) is 16.4. The lowest BCUT2D eigenvalue weighted by Crippen LogP contribution is -2.57. The Labute approximate surface area is 219 Å². The molecule has 1 amide bonds. The molecule has 10 heteroatoms. The third kappa shape index (κ3) is 4.17. The Hall–Kier alpha value is -4.60. The number of carbonyl (C=O) groups excluding carboxylic acids is 2. The maximum Gasteiger partial charge on any atom is 0.318 e. The van der Waals surface area contributed by atoms with Gasteiger partial charge in [0, 0.05) is 56.6 Å². The van der Waals surface area contributed by atoms with Crippen LogP contribution in [-0.4, -0.2) is 58.7 Å². The van der Waals surface area contributed by atoms with E-state index >= 15 is 0 Å². The highest BCUT2D eigenvalue weighted by atomic mass is 16.5. The lowest BCUT2D eigenvalue weighted by molar-refractivity contribution is -0.112. The number of Topliss-reactive ketones (excluding diaryl/α,β-unsaturated/α-hetero) is 1. The first kappa shape index (κ1) is 23.8. The van der Waals surface area contributed by atoms with E-state index in [1.807, 2.05) is 49.4 Å². The van der Waals surface area contributed by atoms with Crippen LogP contribution < -0.4 is 19.9 Å². The predicted octanol–water partition coefficient (Wildman–Crippen LogP) is 3.60. The number of aromatic nitrogens is 3. The molecule has 4 aromatic rings. The Morgan fingerprint density at radius 1 is 1.03 bits per heavy atom. The van der Waals surface area contributed by atoms with Crippen LogP contribution in [0.15, 0.2) is 59.0 Å². The van der Waals surface area contributed by atoms with E-state index in [1.54, 1.807) is 30.7 Å². The minimum atomic E-state index is -0.694. The van der Waals surface area contributed by atoms with Crippen LogP contribution in [0.4, 0.5) is 17.4 Å². The molecule has 0 aliphatic carbocycles. The van der Waals surface area contributed by atoms with Crippen molar-refractivity contribution in [2.75, 3.05) is 41.4 Å². The van der Waals surface area contributed by atoms with Gasteiger partial charge in [-0.15, -0.1) is 5.10 Å². The third-order valence-corrected chi connectivity index (χ3v) is 7.21. The number of aryl methyl sites for hydroxylation is 2. The molecule has 10 nitrogen and oxygen atoms in total. The summed E-state index contributed by atoms with van der Waals surface area (Å²) >= 11 is 0. The molecule has 1 atom stereocenters. The number of hydrogen-bond acceptors (Lipinski definition) is 8. The first-order valence-corrected chi connectivity index (χ1v) is 12.5. The van der Waals surface area contributed by atoms with Gasteiger partial charge in [-0.25, -0.2) is 0 Å². The van der Waals surface area contributed by atoms with Gasteiger partial charge < -0.3 is 28.8 Å². The van der Waals surface area contributed by atoms with Crippen LogP contribution in [0.25, 0.3) is 11.1 Å². The summed E-state index contributed by atoms with van der Waals surface area (Å²) in [5, 5.41) is 10.8. The highest BCUT2D eigenvalue weighted by molar-refractivity contribution is 6.47. The molecule has 194 valence electrons. The van der Waals surface area contributed by atoms with E-state index < -0.39 is 11.7 Å². The summed E-state index contributed by atoms with van der Waals surface area (Å²) in [7, 11) is 1.80. The number of hydrogen-bond donors (Lipinski definition) is 1. The Morgan fingerprint density at radius 3 is 2.61 bits per heavy atom. The molecular formula is C28H28N6O4. The maximum absolute atomic E-state index is 13.3. The quantitative estimate of drug-likeness (QED) is 0.319. The van der Waals surface area contributed by atoms with Crippen LogP contribution in [0.1, 0.15) is 22.1 Å². The average molecular weight is 513 g/mol. The van der Waals surface area contributed by atoms with Gasteiger partial charge >= 0.3 is 6.01 Å². The van der Waals surface area contributed by atoms with E-state index in [0.29, 0.717) is 42.2 Å². The molecule has 1 saturated heterocycles. The van der Waals surface area contributed by atoms with Gasteiger partial charge in [-0.1, -0.05) is 35.4 Å². The Bertz CT molecular complexity index is 1530. The molecule has 1 fully saturated rings. The van der Waals surface area contributed by atoms with Gasteiger partial charge in [0.25, 0.3) is 11.7 Å². The van der Waals surface area contributed by atoms with Gasteiger partial charge in [0.1, 0.15) is 18.1 Å². The number of anilines is 3. The summed E-state index contributed by atoms with van der Waals surface area (Å²) in [6, 6.07) is 17.7. The van der Waals surface area contributed by atoms with Gasteiger partial charge in [-0.2, -0.15) is 0 Å². The minimum Gasteiger partial charge on any atom is -0.489 e. The van der Waals surface area contributed by atoms with E-state index in [9.17, 15) is 9.59 Å². The van der Waals surface area contributed by atoms with Crippen molar-refractivity contribution in [1.29, 1.82) is 0 Å². The zero-order valence-corrected chi connectivity index (χ0v) is 21.5. The fraction of sp³-hybridized carbons (Fsp3) is 0.286. The summed E-state index contributed by atoms with van der Waals surface area (Å²) in [5.41, 5.74) is 4.34. The highest BCUT2D eigenvalue weighted by Crippen LogP contribution is 2.38. The molecule has 0 spiro atoms. The van der Waals surface area contributed by atoms with Crippen LogP contribution in [0.5, 0.6) is 5.75 Å². The van der Waals surface area contributed by atoms with Gasteiger partial charge in [-0.05, 0) is 30.7 Å². The summed E-state index contributed by atoms with van der Waals surface area (Å²) < 4.78 is 13.4. The number of piperazine rings is 1. The van der Waals surface area contributed by atoms with Crippen molar-refractivity contribution in [3.63, 3.8) is 0 Å². The molecule has 2 aromatic heterocycles. The molecule has 0 bridgehead atoms. The van der Waals surface area contributed by atoms with Crippen molar-refractivity contribution < 1.29 is 18.7 Å². The summed E-state index contributed by atoms with van der Waals surface area (Å²) in [5.74, 6) is -0.0708. The van der Waals surface area contributed by atoms with Crippen molar-refractivity contribution in [2.24, 2.45) is 7.05 Å². The number of rotatable bonds is 5. The van der Waals surface area contributed by atoms with Gasteiger partial charge in [0.05, 0.1) is 11.7 Å². The predicted molar refractivity (Wildman–Crippen MR) is 143 cm³/mol. The second-order valence-electron chi connectivity index (χ2n) is 9.65. The van der Waals surface area contributed by atoms with Crippen LogP contribution >= 0.6 is 0 Å². The summed E-state index contributed by atoms with van der Waals surface area (Å²) in [6.45, 7) is 6.38. The lowest BCUT2D eigenvalue weighted by Gasteiger charge is -2.45. The van der Waals surface area contributed by atoms with Crippen LogP contribution in [0.2, 0.25) is 0 Å². The number of ether oxygens (including phenoxy) is 1. The maximum atomic E-state index is 13.3. The van der Waals surface area contributed by atoms with Crippen LogP contribution in [0.3, 0.4) is 0 Å². The number of amides is 1. The fourth-order valence-corrected chi connectivity index (χ4v) is 5.17. The molecule has 0 radical (unpaired) electrons. The molecule has 4 heterocycles. The molecule has 0 saturated carbocycles. The van der Waals surface area contributed by atoms with Crippen molar-refractivity contribution in [3.05, 3.63) is 71.9 Å². The van der Waals surface area contributed by atoms with E-state index in [0.717, 1.165) is 35.6 Å². The SMILES string of the molecule is Cc1nnc(N2CCN3c4ccc(NC(=O)C(=O)c5c(-c6ccccc6)cc(C)n5C)cc4OC[C@H]3C2)o1. The van der Waals surface area contributed by atoms with E-state index in [-0.39, 0.29) is 6.04 Å². The van der Waals surface area contributed by atoms with Gasteiger partial charge in [0.15, 0.2) is 0 Å². The number of carbonyl (C=O) groups is 2. The second-order valence-corrected chi connectivity index (χ2v) is 9.65. The lowest BCUT2D eigenvalue weighted by atomic mass is 10.0. The standard InChI is InChI=1S/C28H28N6O4/c1-17-13-22(19-7-5-4-6-8-19)25(32(17)3)26(35)27(36)29-20-9-10-23-24(14-20)37-16-21-15-33(11-12-34(21)23)28-31-30-18(2)38-28/h4-10,13-14,21H,11-12,15-16H2,1-3H3,(H,29,36)/t21-/m1/s1. The Morgan fingerprint density at radius 2 is 1.84 bits per heavy atom. The van der Waals surface area contributed by atoms with Gasteiger partial charge in [-0.3, -0.25) is 9.59 Å². The average Bonchev–Trinajstić information content (AvgIpc) is 3.50. The van der Waals surface area contributed by atoms with Crippen molar-refractivity contribution in [3.8, 4) is 16.9 Å². The van der Waals surface area contributed by atoms with E-state index in [2.05, 4.69) is 25.3 Å². The summed E-state index contributed by atoms with van der Waals surface area (Å²) in [4.78, 5) is 30.8. The molecule has 0 unspecified atom stereocenters. The van der Waals surface area contributed by atoms with Crippen molar-refractivity contribution in [2.45, 2.75) is 19.9 Å². The number of nitrogens with zero attached hydrogens (tertiary/aromatic N) is 5. The van der Waals surface area contributed by atoms with Crippen LogP contribution in [0, 0.1) is 13.8 Å². The zero-order valence-electron chi connectivity index (χ0n) is 21.5. The molecule has 1 N–H and O–H groups in total. The fourth-order valence-electron chi connectivity index (χ4n) is 5.17. The Kier molecular flexibility index (Phi) is 5.86. The number of fused-ring (bicyclic) bond motifs is 3. The third-order valence-electron chi connectivity index (χ3n) is 7.21. The largest absolute Gasteiger partial charge is 0.489 e. The molecule has 38 heavy (non-hydrogen) atoms. The van der Waals surface area contributed by atoms with E-state index in [1.165, 1.54) is 0 Å². The number of ketones is 1. The second kappa shape index (κ2) is 9.37. The van der Waals surface area contributed by atoms with Crippen molar-refractivity contribution >= 4 is 29.1 Å². The molecule has 2 aliphatic heterocycles. The first-order chi connectivity index (χ1) is 18.4. The first-order valence-electron chi connectivity index (χ1n) is 12.5. The van der Waals surface area contributed by atoms with Crippen LogP contribution in [-0.2, 0) is 11.8 Å². The molecule has 2 aliphatic rings. The highest BCUT2D eigenvalue weighted by Gasteiger charge is 2.35. The van der Waals surface area contributed by atoms with Gasteiger partial charge in [0.2, 0.25) is 5.89 Å². The Balaban J connectivity index is 1.18. The number of benzene rings is 2. The topological polar surface area (TPSA) is 106 Å². The van der Waals surface area contributed by atoms with Crippen molar-refractivity contribution in [1.82, 2.24) is 14.8 Å². The minimum absolute atomic E-state index is 0.127. The molecule has 6 rings (SSSR count). The smallest absolute Gasteiger partial charge is 0.318 e. The molecule has 2 aromatic carbocycles. The number of nitrogens with one attached hydrogen (secondary N) is 1. The van der Waals surface area contributed by atoms with E-state index in [4.69, 9.17) is 9.15 Å². The zero-order chi connectivity index (χ0) is 26.4. The summed E-state index contributed by atoms with van der Waals surface area (Å²) in [6.07, 6.45) is 0.